The van der Waals surface area contributed by atoms with Gasteiger partial charge < -0.3 is 11.1 Å². The molecule has 0 fully saturated rings. The van der Waals surface area contributed by atoms with Crippen LogP contribution in [0.3, 0.4) is 0 Å². The molecular weight excluding hydrogens is 407 g/mol. The number of carbonyl (C=O) groups is 1. The number of nitrogens with two attached hydrogens (primary N) is 1. The van der Waals surface area contributed by atoms with Crippen LogP contribution in [0.15, 0.2) is 49.2 Å². The van der Waals surface area contributed by atoms with E-state index < -0.39 is 17.5 Å². The third-order valence-electron chi connectivity index (χ3n) is 3.95. The van der Waals surface area contributed by atoms with Gasteiger partial charge in [-0.25, -0.2) is 13.8 Å². The van der Waals surface area contributed by atoms with Gasteiger partial charge in [-0.05, 0) is 41.5 Å². The number of benzene rings is 2. The van der Waals surface area contributed by atoms with Crippen molar-refractivity contribution >= 4 is 46.7 Å². The number of anilines is 2. The van der Waals surface area contributed by atoms with Gasteiger partial charge in [0.1, 0.15) is 17.5 Å². The van der Waals surface area contributed by atoms with Gasteiger partial charge in [0.25, 0.3) is 5.91 Å². The smallest absolute Gasteiger partial charge is 0.257 e. The lowest BCUT2D eigenvalue weighted by atomic mass is 9.97. The highest BCUT2D eigenvalue weighted by molar-refractivity contribution is 6.35. The monoisotopic (exact) mass is 419 g/mol. The first-order valence-electron chi connectivity index (χ1n) is 7.94. The minimum atomic E-state index is -0.697. The van der Waals surface area contributed by atoms with E-state index in [4.69, 9.17) is 28.9 Å². The molecule has 1 heterocycles. The molecule has 0 bridgehead atoms. The molecule has 0 atom stereocenters. The maximum absolute atomic E-state index is 14.7. The van der Waals surface area contributed by atoms with Crippen molar-refractivity contribution < 1.29 is 13.6 Å². The second kappa shape index (κ2) is 7.96. The highest BCUT2D eigenvalue weighted by Crippen LogP contribution is 2.32. The number of nitrogen functional groups attached to an aromatic ring is 1. The number of rotatable bonds is 4. The third kappa shape index (κ3) is 3.98. The molecule has 0 aliphatic carbocycles. The molecule has 0 aliphatic heterocycles. The largest absolute Gasteiger partial charge is 0.382 e. The summed E-state index contributed by atoms with van der Waals surface area (Å²) in [4.78, 5) is 16.3. The van der Waals surface area contributed by atoms with Crippen molar-refractivity contribution in [2.24, 2.45) is 0 Å². The van der Waals surface area contributed by atoms with Gasteiger partial charge in [-0.15, -0.1) is 0 Å². The number of aromatic nitrogens is 1. The van der Waals surface area contributed by atoms with Crippen molar-refractivity contribution in [2.75, 3.05) is 11.1 Å². The van der Waals surface area contributed by atoms with E-state index in [-0.39, 0.29) is 32.7 Å². The minimum absolute atomic E-state index is 0.0164. The lowest BCUT2D eigenvalue weighted by molar-refractivity contribution is 0.102. The molecule has 2 aromatic carbocycles. The number of halogens is 4. The Kier molecular flexibility index (Phi) is 5.63. The lowest BCUT2D eigenvalue weighted by Gasteiger charge is -2.12. The summed E-state index contributed by atoms with van der Waals surface area (Å²) in [5.74, 6) is -1.71. The average molecular weight is 420 g/mol. The van der Waals surface area contributed by atoms with Crippen LogP contribution in [0.5, 0.6) is 0 Å². The third-order valence-corrected chi connectivity index (χ3v) is 4.57. The Morgan fingerprint density at radius 3 is 2.54 bits per heavy atom. The van der Waals surface area contributed by atoms with E-state index in [1.165, 1.54) is 42.6 Å². The molecule has 3 aromatic rings. The number of amides is 1. The molecule has 1 amide bonds. The van der Waals surface area contributed by atoms with Crippen molar-refractivity contribution in [2.45, 2.75) is 0 Å². The Morgan fingerprint density at radius 2 is 1.86 bits per heavy atom. The second-order valence-corrected chi connectivity index (χ2v) is 6.61. The normalized spacial score (nSPS) is 10.6. The van der Waals surface area contributed by atoms with E-state index in [2.05, 4.69) is 16.9 Å². The summed E-state index contributed by atoms with van der Waals surface area (Å²) in [6.07, 6.45) is 2.72. The summed E-state index contributed by atoms with van der Waals surface area (Å²) in [6.45, 7) is 3.60. The number of nitrogens with one attached hydrogen (secondary N) is 1. The predicted octanol–water partition coefficient (Wildman–Crippen LogP) is 5.81. The van der Waals surface area contributed by atoms with E-state index in [9.17, 15) is 13.6 Å². The van der Waals surface area contributed by atoms with Crippen molar-refractivity contribution in [1.82, 2.24) is 4.98 Å². The van der Waals surface area contributed by atoms with Crippen LogP contribution in [0.1, 0.15) is 15.9 Å². The molecule has 28 heavy (non-hydrogen) atoms. The van der Waals surface area contributed by atoms with Crippen LogP contribution in [-0.4, -0.2) is 10.9 Å². The van der Waals surface area contributed by atoms with Gasteiger partial charge in [0.15, 0.2) is 0 Å². The molecular formula is C20H13Cl2F2N3O. The maximum Gasteiger partial charge on any atom is 0.257 e. The SMILES string of the molecule is C=Cc1cc(F)ccc1-c1cc(Cl)c(C(=O)Nc2cnc(N)c(Cl)c2)cc1F. The number of carbonyl (C=O) groups excluding carboxylic acids is 1. The lowest BCUT2D eigenvalue weighted by Crippen LogP contribution is -2.13. The van der Waals surface area contributed by atoms with E-state index in [1.54, 1.807) is 0 Å². The van der Waals surface area contributed by atoms with Crippen LogP contribution < -0.4 is 11.1 Å². The fourth-order valence-electron chi connectivity index (χ4n) is 2.59. The van der Waals surface area contributed by atoms with E-state index in [0.717, 1.165) is 6.07 Å². The van der Waals surface area contributed by atoms with Crippen molar-refractivity contribution in [1.29, 1.82) is 0 Å². The summed E-state index contributed by atoms with van der Waals surface area (Å²) >= 11 is 12.1. The van der Waals surface area contributed by atoms with E-state index >= 15 is 0 Å². The average Bonchev–Trinajstić information content (AvgIpc) is 2.66. The summed E-state index contributed by atoms with van der Waals surface area (Å²) in [6, 6.07) is 7.58. The summed E-state index contributed by atoms with van der Waals surface area (Å²) < 4.78 is 28.1. The Bertz CT molecular complexity index is 1100. The molecule has 0 unspecified atom stereocenters. The standard InChI is InChI=1S/C20H13Cl2F2N3O/c1-2-10-5-11(23)3-4-13(10)14-7-16(21)15(8-18(14)24)20(28)27-12-6-17(22)19(25)26-9-12/h2-9H,1H2,(H2,25,26)(H,27,28). The van der Waals surface area contributed by atoms with Gasteiger partial charge in [-0.2, -0.15) is 0 Å². The second-order valence-electron chi connectivity index (χ2n) is 5.79. The maximum atomic E-state index is 14.7. The first-order chi connectivity index (χ1) is 13.3. The van der Waals surface area contributed by atoms with Crippen LogP contribution in [0.25, 0.3) is 17.2 Å². The Balaban J connectivity index is 1.96. The van der Waals surface area contributed by atoms with Crippen LogP contribution in [-0.2, 0) is 0 Å². The van der Waals surface area contributed by atoms with Crippen LogP contribution in [0, 0.1) is 11.6 Å². The fourth-order valence-corrected chi connectivity index (χ4v) is 3.01. The van der Waals surface area contributed by atoms with Gasteiger partial charge in [0.05, 0.1) is 27.5 Å². The van der Waals surface area contributed by atoms with E-state index in [1.807, 2.05) is 0 Å². The zero-order chi connectivity index (χ0) is 20.4. The molecule has 0 aliphatic rings. The number of nitrogens with zero attached hydrogens (tertiary/aromatic N) is 1. The van der Waals surface area contributed by atoms with Crippen LogP contribution >= 0.6 is 23.2 Å². The Morgan fingerprint density at radius 1 is 1.11 bits per heavy atom. The molecule has 1 aromatic heterocycles. The molecule has 0 radical (unpaired) electrons. The molecule has 3 N–H and O–H groups in total. The van der Waals surface area contributed by atoms with Gasteiger partial charge in [-0.3, -0.25) is 4.79 Å². The number of hydrogen-bond donors (Lipinski definition) is 2. The highest BCUT2D eigenvalue weighted by atomic mass is 35.5. The van der Waals surface area contributed by atoms with Crippen LogP contribution in [0.4, 0.5) is 20.3 Å². The summed E-state index contributed by atoms with van der Waals surface area (Å²) in [7, 11) is 0. The Hall–Kier alpha value is -2.96. The molecule has 4 nitrogen and oxygen atoms in total. The zero-order valence-electron chi connectivity index (χ0n) is 14.3. The quantitative estimate of drug-likeness (QED) is 0.560. The van der Waals surface area contributed by atoms with Gasteiger partial charge >= 0.3 is 0 Å². The molecule has 8 heteroatoms. The zero-order valence-corrected chi connectivity index (χ0v) is 15.8. The molecule has 3 rings (SSSR count). The van der Waals surface area contributed by atoms with Gasteiger partial charge in [-0.1, -0.05) is 41.9 Å². The van der Waals surface area contributed by atoms with Crippen molar-refractivity contribution in [3.8, 4) is 11.1 Å². The fraction of sp³-hybridized carbons (Fsp3) is 0. The number of pyridine rings is 1. The summed E-state index contributed by atoms with van der Waals surface area (Å²) in [5, 5.41) is 2.71. The Labute approximate surface area is 169 Å². The highest BCUT2D eigenvalue weighted by Gasteiger charge is 2.18. The molecule has 0 spiro atoms. The van der Waals surface area contributed by atoms with Crippen LogP contribution in [0.2, 0.25) is 10.0 Å². The number of hydrogen-bond acceptors (Lipinski definition) is 3. The molecule has 142 valence electrons. The molecule has 0 saturated carbocycles. The van der Waals surface area contributed by atoms with Crippen molar-refractivity contribution in [3.63, 3.8) is 0 Å². The first kappa shape index (κ1) is 19.8. The minimum Gasteiger partial charge on any atom is -0.382 e. The van der Waals surface area contributed by atoms with Crippen molar-refractivity contribution in [3.05, 3.63) is 82.0 Å². The van der Waals surface area contributed by atoms with E-state index in [0.29, 0.717) is 11.1 Å². The van der Waals surface area contributed by atoms with Gasteiger partial charge in [0.2, 0.25) is 0 Å². The topological polar surface area (TPSA) is 68.0 Å². The first-order valence-corrected chi connectivity index (χ1v) is 8.69. The molecule has 0 saturated heterocycles. The summed E-state index contributed by atoms with van der Waals surface area (Å²) in [5.41, 5.74) is 6.63. The van der Waals surface area contributed by atoms with Gasteiger partial charge in [0, 0.05) is 5.56 Å². The predicted molar refractivity (Wildman–Crippen MR) is 109 cm³/mol.